The molecule has 130 valence electrons. The van der Waals surface area contributed by atoms with E-state index >= 15 is 0 Å². The minimum absolute atomic E-state index is 0.116. The van der Waals surface area contributed by atoms with Gasteiger partial charge in [0.2, 0.25) is 0 Å². The zero-order valence-corrected chi connectivity index (χ0v) is 14.2. The van der Waals surface area contributed by atoms with Crippen LogP contribution in [0.3, 0.4) is 0 Å². The molecule has 0 saturated heterocycles. The number of aromatic nitrogens is 5. The van der Waals surface area contributed by atoms with E-state index in [1.54, 1.807) is 35.5 Å². The lowest BCUT2D eigenvalue weighted by molar-refractivity contribution is 0.0791. The summed E-state index contributed by atoms with van der Waals surface area (Å²) in [5, 5.41) is 11.3. The van der Waals surface area contributed by atoms with Crippen LogP contribution in [-0.4, -0.2) is 49.1 Å². The first-order valence-electron chi connectivity index (χ1n) is 8.03. The van der Waals surface area contributed by atoms with Gasteiger partial charge in [-0.25, -0.2) is 4.68 Å². The molecule has 0 bridgehead atoms. The van der Waals surface area contributed by atoms with Gasteiger partial charge in [-0.1, -0.05) is 12.2 Å². The Morgan fingerprint density at radius 2 is 1.81 bits per heavy atom. The number of benzene rings is 1. The molecule has 2 heterocycles. The Hall–Kier alpha value is -3.61. The van der Waals surface area contributed by atoms with Crippen molar-refractivity contribution in [1.82, 2.24) is 30.1 Å². The van der Waals surface area contributed by atoms with Crippen LogP contribution in [0.1, 0.15) is 10.4 Å². The molecular weight excluding hydrogens is 328 g/mol. The van der Waals surface area contributed by atoms with E-state index in [1.165, 1.54) is 11.0 Å². The lowest BCUT2D eigenvalue weighted by Crippen LogP contribution is -2.31. The molecule has 0 N–H and O–H groups in total. The predicted octanol–water partition coefficient (Wildman–Crippen LogP) is 2.54. The van der Waals surface area contributed by atoms with E-state index in [-0.39, 0.29) is 5.91 Å². The maximum atomic E-state index is 13.0. The Balaban J connectivity index is 2.09. The second kappa shape index (κ2) is 7.98. The maximum Gasteiger partial charge on any atom is 0.254 e. The molecule has 7 heteroatoms. The van der Waals surface area contributed by atoms with Gasteiger partial charge < -0.3 is 4.90 Å². The first-order valence-corrected chi connectivity index (χ1v) is 8.03. The smallest absolute Gasteiger partial charge is 0.254 e. The number of hydrogen-bond donors (Lipinski definition) is 0. The predicted molar refractivity (Wildman–Crippen MR) is 98.7 cm³/mol. The van der Waals surface area contributed by atoms with Gasteiger partial charge in [-0.05, 0) is 51.9 Å². The van der Waals surface area contributed by atoms with Crippen molar-refractivity contribution < 1.29 is 4.79 Å². The fourth-order valence-electron chi connectivity index (χ4n) is 2.59. The summed E-state index contributed by atoms with van der Waals surface area (Å²) < 4.78 is 1.52. The van der Waals surface area contributed by atoms with Crippen molar-refractivity contribution in [1.29, 1.82) is 0 Å². The summed E-state index contributed by atoms with van der Waals surface area (Å²) in [6.45, 7) is 8.30. The van der Waals surface area contributed by atoms with Gasteiger partial charge in [-0.15, -0.1) is 18.3 Å². The van der Waals surface area contributed by atoms with Crippen molar-refractivity contribution >= 4 is 5.91 Å². The third-order valence-corrected chi connectivity index (χ3v) is 3.78. The summed E-state index contributed by atoms with van der Waals surface area (Å²) in [6.07, 6.45) is 8.29. The topological polar surface area (TPSA) is 76.8 Å². The lowest BCUT2D eigenvalue weighted by atomic mass is 10.0. The van der Waals surface area contributed by atoms with E-state index in [0.29, 0.717) is 24.3 Å². The highest BCUT2D eigenvalue weighted by Gasteiger charge is 2.16. The number of hydrogen-bond acceptors (Lipinski definition) is 5. The minimum atomic E-state index is -0.116. The Kier molecular flexibility index (Phi) is 5.28. The van der Waals surface area contributed by atoms with Crippen molar-refractivity contribution in [3.8, 4) is 16.8 Å². The third-order valence-electron chi connectivity index (χ3n) is 3.78. The van der Waals surface area contributed by atoms with Gasteiger partial charge in [0.1, 0.15) is 6.33 Å². The normalized spacial score (nSPS) is 10.3. The monoisotopic (exact) mass is 346 g/mol. The van der Waals surface area contributed by atoms with E-state index in [4.69, 9.17) is 0 Å². The zero-order valence-electron chi connectivity index (χ0n) is 14.2. The second-order valence-electron chi connectivity index (χ2n) is 5.55. The number of pyridine rings is 1. The van der Waals surface area contributed by atoms with Crippen LogP contribution in [0.2, 0.25) is 0 Å². The highest BCUT2D eigenvalue weighted by Crippen LogP contribution is 2.24. The molecule has 3 rings (SSSR count). The zero-order chi connectivity index (χ0) is 18.4. The Bertz CT molecular complexity index is 895. The number of carbonyl (C=O) groups excluding carboxylic acids is 1. The Morgan fingerprint density at radius 1 is 1.08 bits per heavy atom. The van der Waals surface area contributed by atoms with Crippen molar-refractivity contribution in [2.75, 3.05) is 13.1 Å². The summed E-state index contributed by atoms with van der Waals surface area (Å²) in [4.78, 5) is 18.7. The van der Waals surface area contributed by atoms with E-state index < -0.39 is 0 Å². The molecule has 0 aliphatic heterocycles. The van der Waals surface area contributed by atoms with Gasteiger partial charge in [0.05, 0.1) is 5.69 Å². The molecule has 1 amide bonds. The average molecular weight is 346 g/mol. The highest BCUT2D eigenvalue weighted by atomic mass is 16.2. The second-order valence-corrected chi connectivity index (χ2v) is 5.55. The first-order chi connectivity index (χ1) is 12.7. The number of amides is 1. The standard InChI is InChI=1S/C19H18N6O/c1-3-9-24(10-4-2)19(26)17-11-16(15-5-7-20-8-6-15)12-18(13-17)25-14-21-22-23-25/h3-8,11-14H,1-2,9-10H2. The Labute approximate surface area is 151 Å². The number of nitrogens with zero attached hydrogens (tertiary/aromatic N) is 6. The van der Waals surface area contributed by atoms with Crippen LogP contribution in [0.15, 0.2) is 74.4 Å². The largest absolute Gasteiger partial charge is 0.331 e. The molecule has 26 heavy (non-hydrogen) atoms. The molecule has 3 aromatic rings. The van der Waals surface area contributed by atoms with Gasteiger partial charge >= 0.3 is 0 Å². The van der Waals surface area contributed by atoms with Gasteiger partial charge in [-0.2, -0.15) is 0 Å². The minimum Gasteiger partial charge on any atom is -0.331 e. The van der Waals surface area contributed by atoms with Crippen LogP contribution in [-0.2, 0) is 0 Å². The van der Waals surface area contributed by atoms with Crippen LogP contribution in [0.25, 0.3) is 16.8 Å². The van der Waals surface area contributed by atoms with Crippen molar-refractivity contribution in [3.05, 3.63) is 79.9 Å². The molecule has 1 aromatic carbocycles. The van der Waals surface area contributed by atoms with Gasteiger partial charge in [0, 0.05) is 31.0 Å². The highest BCUT2D eigenvalue weighted by molar-refractivity contribution is 5.96. The van der Waals surface area contributed by atoms with Crippen molar-refractivity contribution in [2.45, 2.75) is 0 Å². The van der Waals surface area contributed by atoms with E-state index in [0.717, 1.165) is 11.1 Å². The number of tetrazole rings is 1. The molecule has 7 nitrogen and oxygen atoms in total. The summed E-state index contributed by atoms with van der Waals surface area (Å²) in [7, 11) is 0. The summed E-state index contributed by atoms with van der Waals surface area (Å²) >= 11 is 0. The number of rotatable bonds is 7. The molecule has 0 radical (unpaired) electrons. The van der Waals surface area contributed by atoms with E-state index in [2.05, 4.69) is 33.7 Å². The fraction of sp³-hybridized carbons (Fsp3) is 0.105. The summed E-state index contributed by atoms with van der Waals surface area (Å²) in [5.74, 6) is -0.116. The third kappa shape index (κ3) is 3.72. The molecule has 0 spiro atoms. The molecule has 0 saturated carbocycles. The summed E-state index contributed by atoms with van der Waals surface area (Å²) in [5.41, 5.74) is 3.06. The van der Waals surface area contributed by atoms with Gasteiger partial charge in [0.15, 0.2) is 0 Å². The Morgan fingerprint density at radius 3 is 2.42 bits per heavy atom. The molecule has 2 aromatic heterocycles. The van der Waals surface area contributed by atoms with Crippen LogP contribution in [0.5, 0.6) is 0 Å². The molecule has 0 atom stereocenters. The SMILES string of the molecule is C=CCN(CC=C)C(=O)c1cc(-c2ccncc2)cc(-n2cnnn2)c1. The van der Waals surface area contributed by atoms with Gasteiger partial charge in [0.25, 0.3) is 5.91 Å². The van der Waals surface area contributed by atoms with Crippen LogP contribution in [0, 0.1) is 0 Å². The van der Waals surface area contributed by atoms with E-state index in [1.807, 2.05) is 24.3 Å². The summed E-state index contributed by atoms with van der Waals surface area (Å²) in [6, 6.07) is 9.32. The lowest BCUT2D eigenvalue weighted by Gasteiger charge is -2.20. The van der Waals surface area contributed by atoms with Crippen LogP contribution < -0.4 is 0 Å². The fourth-order valence-corrected chi connectivity index (χ4v) is 2.59. The van der Waals surface area contributed by atoms with Crippen LogP contribution >= 0.6 is 0 Å². The molecule has 0 unspecified atom stereocenters. The average Bonchev–Trinajstić information content (AvgIpc) is 3.22. The molecule has 0 aliphatic carbocycles. The van der Waals surface area contributed by atoms with Crippen LogP contribution in [0.4, 0.5) is 0 Å². The first kappa shape index (κ1) is 17.2. The van der Waals surface area contributed by atoms with Crippen molar-refractivity contribution in [2.24, 2.45) is 0 Å². The van der Waals surface area contributed by atoms with Gasteiger partial charge in [-0.3, -0.25) is 9.78 Å². The maximum absolute atomic E-state index is 13.0. The van der Waals surface area contributed by atoms with E-state index in [9.17, 15) is 4.79 Å². The molecule has 0 fully saturated rings. The number of carbonyl (C=O) groups is 1. The quantitative estimate of drug-likeness (QED) is 0.615. The van der Waals surface area contributed by atoms with Crippen molar-refractivity contribution in [3.63, 3.8) is 0 Å². The molecular formula is C19H18N6O. The molecule has 0 aliphatic rings.